The number of aromatic nitrogens is 1. The summed E-state index contributed by atoms with van der Waals surface area (Å²) in [6.45, 7) is 0. The second-order valence-electron chi connectivity index (χ2n) is 3.66. The van der Waals surface area contributed by atoms with E-state index in [0.29, 0.717) is 16.5 Å². The molecule has 0 aliphatic carbocycles. The standard InChI is InChI=1S/C13H11ClINO2/c1-18-11-3-2-6-16-12(11)13(17)9-7-8(14)4-5-10(9)15/h2-7,13,17H,1H3. The van der Waals surface area contributed by atoms with Crippen LogP contribution in [0.5, 0.6) is 5.75 Å². The second kappa shape index (κ2) is 5.86. The van der Waals surface area contributed by atoms with E-state index in [1.165, 1.54) is 0 Å². The number of halogens is 2. The van der Waals surface area contributed by atoms with E-state index in [0.717, 1.165) is 9.13 Å². The van der Waals surface area contributed by atoms with Crippen molar-refractivity contribution < 1.29 is 9.84 Å². The maximum Gasteiger partial charge on any atom is 0.143 e. The van der Waals surface area contributed by atoms with Gasteiger partial charge in [0.05, 0.1) is 7.11 Å². The van der Waals surface area contributed by atoms with Crippen LogP contribution in [0, 0.1) is 3.57 Å². The number of methoxy groups -OCH3 is 1. The highest BCUT2D eigenvalue weighted by Crippen LogP contribution is 2.31. The molecule has 0 radical (unpaired) electrons. The van der Waals surface area contributed by atoms with Crippen molar-refractivity contribution in [3.63, 3.8) is 0 Å². The highest BCUT2D eigenvalue weighted by Gasteiger charge is 2.19. The van der Waals surface area contributed by atoms with Crippen molar-refractivity contribution in [1.82, 2.24) is 4.98 Å². The van der Waals surface area contributed by atoms with Gasteiger partial charge in [0.25, 0.3) is 0 Å². The van der Waals surface area contributed by atoms with Gasteiger partial charge in [-0.25, -0.2) is 0 Å². The smallest absolute Gasteiger partial charge is 0.143 e. The van der Waals surface area contributed by atoms with Gasteiger partial charge in [0.15, 0.2) is 0 Å². The van der Waals surface area contributed by atoms with Crippen molar-refractivity contribution in [3.05, 3.63) is 56.4 Å². The Morgan fingerprint density at radius 3 is 2.89 bits per heavy atom. The zero-order valence-corrected chi connectivity index (χ0v) is 12.5. The van der Waals surface area contributed by atoms with E-state index >= 15 is 0 Å². The van der Waals surface area contributed by atoms with E-state index in [9.17, 15) is 5.11 Å². The van der Waals surface area contributed by atoms with Gasteiger partial charge >= 0.3 is 0 Å². The molecule has 0 aliphatic heterocycles. The lowest BCUT2D eigenvalue weighted by Crippen LogP contribution is -2.06. The number of rotatable bonds is 3. The Hall–Kier alpha value is -0.850. The van der Waals surface area contributed by atoms with E-state index in [4.69, 9.17) is 16.3 Å². The molecule has 0 fully saturated rings. The summed E-state index contributed by atoms with van der Waals surface area (Å²) >= 11 is 8.11. The van der Waals surface area contributed by atoms with Gasteiger partial charge in [-0.15, -0.1) is 0 Å². The Balaban J connectivity index is 2.47. The molecule has 0 amide bonds. The molecule has 0 aliphatic rings. The monoisotopic (exact) mass is 375 g/mol. The third-order valence-corrected chi connectivity index (χ3v) is 3.75. The molecule has 2 aromatic rings. The van der Waals surface area contributed by atoms with Crippen molar-refractivity contribution in [1.29, 1.82) is 0 Å². The Kier molecular flexibility index (Phi) is 4.42. The highest BCUT2D eigenvalue weighted by atomic mass is 127. The first-order valence-electron chi connectivity index (χ1n) is 5.25. The van der Waals surface area contributed by atoms with Gasteiger partial charge in [-0.05, 0) is 52.9 Å². The van der Waals surface area contributed by atoms with E-state index in [1.54, 1.807) is 37.6 Å². The molecule has 1 heterocycles. The zero-order valence-electron chi connectivity index (χ0n) is 9.60. The lowest BCUT2D eigenvalue weighted by atomic mass is 10.1. The molecule has 0 spiro atoms. The van der Waals surface area contributed by atoms with Crippen molar-refractivity contribution >= 4 is 34.2 Å². The molecule has 1 aromatic carbocycles. The Morgan fingerprint density at radius 2 is 2.17 bits per heavy atom. The van der Waals surface area contributed by atoms with Crippen molar-refractivity contribution in [2.24, 2.45) is 0 Å². The lowest BCUT2D eigenvalue weighted by molar-refractivity contribution is 0.208. The molecule has 1 aromatic heterocycles. The first-order chi connectivity index (χ1) is 8.63. The number of ether oxygens (including phenoxy) is 1. The summed E-state index contributed by atoms with van der Waals surface area (Å²) in [6, 6.07) is 8.91. The third kappa shape index (κ3) is 2.76. The number of pyridine rings is 1. The van der Waals surface area contributed by atoms with Gasteiger partial charge < -0.3 is 9.84 Å². The van der Waals surface area contributed by atoms with Gasteiger partial charge in [0.2, 0.25) is 0 Å². The predicted molar refractivity (Wildman–Crippen MR) is 79.0 cm³/mol. The maximum absolute atomic E-state index is 10.4. The molecule has 1 N–H and O–H groups in total. The molecule has 2 rings (SSSR count). The van der Waals surface area contributed by atoms with Crippen LogP contribution in [0.2, 0.25) is 5.02 Å². The molecule has 1 atom stereocenters. The number of benzene rings is 1. The van der Waals surface area contributed by atoms with Crippen LogP contribution in [0.4, 0.5) is 0 Å². The predicted octanol–water partition coefficient (Wildman–Crippen LogP) is 3.43. The number of nitrogens with zero attached hydrogens (tertiary/aromatic N) is 1. The molecule has 94 valence electrons. The largest absolute Gasteiger partial charge is 0.495 e. The fourth-order valence-electron chi connectivity index (χ4n) is 1.65. The first kappa shape index (κ1) is 13.6. The second-order valence-corrected chi connectivity index (χ2v) is 5.26. The van der Waals surface area contributed by atoms with Crippen molar-refractivity contribution in [3.8, 4) is 5.75 Å². The van der Waals surface area contributed by atoms with Crippen molar-refractivity contribution in [2.45, 2.75) is 6.10 Å². The lowest BCUT2D eigenvalue weighted by Gasteiger charge is -2.15. The average Bonchev–Trinajstić information content (AvgIpc) is 2.40. The molecule has 0 saturated heterocycles. The summed E-state index contributed by atoms with van der Waals surface area (Å²) in [5.74, 6) is 0.556. The summed E-state index contributed by atoms with van der Waals surface area (Å²) in [5.41, 5.74) is 1.21. The van der Waals surface area contributed by atoms with Gasteiger partial charge in [-0.1, -0.05) is 11.6 Å². The molecule has 5 heteroatoms. The minimum atomic E-state index is -0.855. The fourth-order valence-corrected chi connectivity index (χ4v) is 2.46. The van der Waals surface area contributed by atoms with Gasteiger partial charge in [-0.2, -0.15) is 0 Å². The van der Waals surface area contributed by atoms with Crippen LogP contribution >= 0.6 is 34.2 Å². The number of aliphatic hydroxyl groups is 1. The maximum atomic E-state index is 10.4. The average molecular weight is 376 g/mol. The molecular formula is C13H11ClINO2. The topological polar surface area (TPSA) is 42.4 Å². The Labute approximate surface area is 124 Å². The normalized spacial score (nSPS) is 12.2. The number of aliphatic hydroxyl groups excluding tert-OH is 1. The minimum Gasteiger partial charge on any atom is -0.495 e. The van der Waals surface area contributed by atoms with Crippen LogP contribution in [-0.4, -0.2) is 17.2 Å². The van der Waals surface area contributed by atoms with E-state index in [2.05, 4.69) is 27.6 Å². The Morgan fingerprint density at radius 1 is 1.39 bits per heavy atom. The molecule has 0 bridgehead atoms. The SMILES string of the molecule is COc1cccnc1C(O)c1cc(Cl)ccc1I. The summed E-state index contributed by atoms with van der Waals surface area (Å²) in [5, 5.41) is 11.0. The quantitative estimate of drug-likeness (QED) is 0.836. The first-order valence-corrected chi connectivity index (χ1v) is 6.71. The van der Waals surface area contributed by atoms with E-state index in [1.807, 2.05) is 6.07 Å². The summed E-state index contributed by atoms with van der Waals surface area (Å²) in [6.07, 6.45) is 0.769. The molecule has 0 saturated carbocycles. The summed E-state index contributed by atoms with van der Waals surface area (Å²) in [4.78, 5) is 4.18. The zero-order chi connectivity index (χ0) is 13.1. The van der Waals surface area contributed by atoms with Crippen LogP contribution in [0.25, 0.3) is 0 Å². The van der Waals surface area contributed by atoms with Crippen LogP contribution in [0.1, 0.15) is 17.4 Å². The minimum absolute atomic E-state index is 0.486. The third-order valence-electron chi connectivity index (χ3n) is 2.53. The highest BCUT2D eigenvalue weighted by molar-refractivity contribution is 14.1. The van der Waals surface area contributed by atoms with Crippen LogP contribution in [-0.2, 0) is 0 Å². The molecule has 1 unspecified atom stereocenters. The van der Waals surface area contributed by atoms with Gasteiger partial charge in [0, 0.05) is 20.4 Å². The summed E-state index contributed by atoms with van der Waals surface area (Å²) < 4.78 is 6.13. The summed E-state index contributed by atoms with van der Waals surface area (Å²) in [7, 11) is 1.55. The number of hydrogen-bond acceptors (Lipinski definition) is 3. The molecular weight excluding hydrogens is 365 g/mol. The molecule has 3 nitrogen and oxygen atoms in total. The number of hydrogen-bond donors (Lipinski definition) is 1. The fraction of sp³-hybridized carbons (Fsp3) is 0.154. The van der Waals surface area contributed by atoms with Gasteiger partial charge in [-0.3, -0.25) is 4.98 Å². The van der Waals surface area contributed by atoms with Crippen LogP contribution in [0.15, 0.2) is 36.5 Å². The molecule has 18 heavy (non-hydrogen) atoms. The Bertz CT molecular complexity index is 562. The van der Waals surface area contributed by atoms with E-state index < -0.39 is 6.10 Å². The van der Waals surface area contributed by atoms with Crippen LogP contribution in [0.3, 0.4) is 0 Å². The van der Waals surface area contributed by atoms with E-state index in [-0.39, 0.29) is 0 Å². The van der Waals surface area contributed by atoms with Crippen LogP contribution < -0.4 is 4.74 Å². The van der Waals surface area contributed by atoms with Gasteiger partial charge in [0.1, 0.15) is 17.5 Å². The van der Waals surface area contributed by atoms with Crippen molar-refractivity contribution in [2.75, 3.05) is 7.11 Å².